The first kappa shape index (κ1) is 14.5. The highest BCUT2D eigenvalue weighted by Crippen LogP contribution is 2.24. The molecule has 0 saturated heterocycles. The van der Waals surface area contributed by atoms with Crippen molar-refractivity contribution in [1.82, 2.24) is 4.68 Å². The van der Waals surface area contributed by atoms with E-state index in [1.807, 2.05) is 0 Å². The molecule has 0 aliphatic heterocycles. The van der Waals surface area contributed by atoms with Gasteiger partial charge in [-0.25, -0.2) is 14.0 Å². The molecule has 1 heterocycles. The molecule has 20 heavy (non-hydrogen) atoms. The van der Waals surface area contributed by atoms with Gasteiger partial charge in [0.2, 0.25) is 0 Å². The van der Waals surface area contributed by atoms with Gasteiger partial charge < -0.3 is 5.11 Å². The van der Waals surface area contributed by atoms with Crippen LogP contribution in [0.4, 0.5) is 4.39 Å². The average molecular weight is 363 g/mol. The highest BCUT2D eigenvalue weighted by Gasteiger charge is 2.25. The summed E-state index contributed by atoms with van der Waals surface area (Å²) in [6.07, 6.45) is 2.82. The number of hydrogen-bond donors (Lipinski definition) is 2. The van der Waals surface area contributed by atoms with Crippen molar-refractivity contribution in [3.8, 4) is 0 Å². The monoisotopic (exact) mass is 362 g/mol. The zero-order chi connectivity index (χ0) is 14.9. The quantitative estimate of drug-likeness (QED) is 0.870. The third kappa shape index (κ3) is 2.83. The molecule has 9 heteroatoms. The first-order chi connectivity index (χ1) is 9.31. The fourth-order valence-corrected chi connectivity index (χ4v) is 3.23. The van der Waals surface area contributed by atoms with Crippen molar-refractivity contribution in [3.63, 3.8) is 0 Å². The number of hydrogen-bond acceptors (Lipinski definition) is 3. The summed E-state index contributed by atoms with van der Waals surface area (Å²) in [7, 11) is -4.25. The van der Waals surface area contributed by atoms with Crippen LogP contribution in [0.1, 0.15) is 10.4 Å². The average Bonchev–Trinajstić information content (AvgIpc) is 2.83. The van der Waals surface area contributed by atoms with Crippen LogP contribution < -0.4 is 4.83 Å². The predicted octanol–water partition coefficient (Wildman–Crippen LogP) is 2.02. The lowest BCUT2D eigenvalue weighted by Gasteiger charge is -2.11. The van der Waals surface area contributed by atoms with E-state index in [1.54, 1.807) is 12.1 Å². The molecule has 1 aromatic carbocycles. The molecule has 0 atom stereocenters. The number of carboxylic acid groups (broad SMARTS) is 1. The van der Waals surface area contributed by atoms with Gasteiger partial charge in [-0.1, -0.05) is 15.9 Å². The SMILES string of the molecule is O=C(O)c1cc(Br)cc(S(=O)(=O)Nn2cccc2)c1F. The Morgan fingerprint density at radius 2 is 1.90 bits per heavy atom. The lowest BCUT2D eigenvalue weighted by Crippen LogP contribution is -2.23. The Hall–Kier alpha value is -1.87. The number of aromatic nitrogens is 1. The lowest BCUT2D eigenvalue weighted by atomic mass is 10.2. The molecule has 2 rings (SSSR count). The van der Waals surface area contributed by atoms with E-state index in [9.17, 15) is 17.6 Å². The van der Waals surface area contributed by atoms with Gasteiger partial charge in [0.25, 0.3) is 10.0 Å². The number of carboxylic acids is 1. The molecule has 0 bridgehead atoms. The number of benzene rings is 1. The second-order valence-electron chi connectivity index (χ2n) is 3.76. The van der Waals surface area contributed by atoms with E-state index < -0.39 is 32.3 Å². The Morgan fingerprint density at radius 1 is 1.30 bits per heavy atom. The summed E-state index contributed by atoms with van der Waals surface area (Å²) in [5.74, 6) is -2.87. The van der Waals surface area contributed by atoms with Crippen molar-refractivity contribution in [1.29, 1.82) is 0 Å². The number of sulfonamides is 1. The molecule has 0 aliphatic carbocycles. The van der Waals surface area contributed by atoms with Crippen molar-refractivity contribution >= 4 is 31.9 Å². The van der Waals surface area contributed by atoms with Crippen LogP contribution in [0.5, 0.6) is 0 Å². The highest BCUT2D eigenvalue weighted by molar-refractivity contribution is 9.10. The van der Waals surface area contributed by atoms with Crippen molar-refractivity contribution in [3.05, 3.63) is 52.5 Å². The summed E-state index contributed by atoms with van der Waals surface area (Å²) in [5, 5.41) is 8.86. The van der Waals surface area contributed by atoms with Crippen molar-refractivity contribution in [2.75, 3.05) is 4.83 Å². The Morgan fingerprint density at radius 3 is 2.45 bits per heavy atom. The standard InChI is InChI=1S/C11H8BrFN2O4S/c12-7-5-8(11(16)17)10(13)9(6-7)20(18,19)14-15-3-1-2-4-15/h1-6,14H,(H,16,17). The number of rotatable bonds is 4. The molecule has 0 amide bonds. The minimum atomic E-state index is -4.25. The largest absolute Gasteiger partial charge is 0.478 e. The van der Waals surface area contributed by atoms with Crippen LogP contribution >= 0.6 is 15.9 Å². The Balaban J connectivity index is 2.54. The predicted molar refractivity (Wildman–Crippen MR) is 72.0 cm³/mol. The van der Waals surface area contributed by atoms with E-state index in [2.05, 4.69) is 20.8 Å². The number of nitrogens with zero attached hydrogens (tertiary/aromatic N) is 1. The molecule has 2 N–H and O–H groups in total. The maximum atomic E-state index is 14.0. The molecule has 106 valence electrons. The van der Waals surface area contributed by atoms with Gasteiger partial charge in [0.15, 0.2) is 5.82 Å². The fraction of sp³-hybridized carbons (Fsp3) is 0. The van der Waals surface area contributed by atoms with Crippen molar-refractivity contribution in [2.24, 2.45) is 0 Å². The fourth-order valence-electron chi connectivity index (χ4n) is 1.50. The maximum absolute atomic E-state index is 14.0. The van der Waals surface area contributed by atoms with Crippen molar-refractivity contribution < 1.29 is 22.7 Å². The van der Waals surface area contributed by atoms with Crippen LogP contribution in [0.2, 0.25) is 0 Å². The molecule has 6 nitrogen and oxygen atoms in total. The van der Waals surface area contributed by atoms with Crippen LogP contribution in [0.15, 0.2) is 46.0 Å². The van der Waals surface area contributed by atoms with Gasteiger partial charge in [0.05, 0.1) is 5.56 Å². The smallest absolute Gasteiger partial charge is 0.338 e. The molecule has 0 unspecified atom stereocenters. The summed E-state index contributed by atoms with van der Waals surface area (Å²) in [4.78, 5) is 12.2. The zero-order valence-corrected chi connectivity index (χ0v) is 12.1. The normalized spacial score (nSPS) is 11.3. The second-order valence-corrected chi connectivity index (χ2v) is 6.30. The third-order valence-corrected chi connectivity index (χ3v) is 4.14. The van der Waals surface area contributed by atoms with Crippen LogP contribution in [0.3, 0.4) is 0 Å². The van der Waals surface area contributed by atoms with Gasteiger partial charge in [-0.15, -0.1) is 0 Å². The molecule has 0 aliphatic rings. The van der Waals surface area contributed by atoms with E-state index in [0.29, 0.717) is 0 Å². The topological polar surface area (TPSA) is 88.4 Å². The number of halogens is 2. The molecule has 0 saturated carbocycles. The van der Waals surface area contributed by atoms with Crippen LogP contribution in [-0.4, -0.2) is 24.2 Å². The Bertz CT molecular complexity index is 759. The summed E-state index contributed by atoms with van der Waals surface area (Å²) in [5.41, 5.74) is -0.729. The van der Waals surface area contributed by atoms with E-state index in [-0.39, 0.29) is 4.47 Å². The molecule has 0 fully saturated rings. The van der Waals surface area contributed by atoms with Gasteiger partial charge in [0.1, 0.15) is 4.90 Å². The summed E-state index contributed by atoms with van der Waals surface area (Å²) in [6, 6.07) is 5.13. The Labute approximate surface area is 122 Å². The number of aromatic carboxylic acids is 1. The molecular weight excluding hydrogens is 355 g/mol. The van der Waals surface area contributed by atoms with Gasteiger partial charge >= 0.3 is 5.97 Å². The molecule has 0 radical (unpaired) electrons. The van der Waals surface area contributed by atoms with Gasteiger partial charge in [-0.05, 0) is 24.3 Å². The first-order valence-corrected chi connectivity index (χ1v) is 7.47. The van der Waals surface area contributed by atoms with E-state index in [4.69, 9.17) is 5.11 Å². The second kappa shape index (κ2) is 5.25. The lowest BCUT2D eigenvalue weighted by molar-refractivity contribution is 0.0691. The molecule has 0 spiro atoms. The summed E-state index contributed by atoms with van der Waals surface area (Å²) >= 11 is 2.96. The maximum Gasteiger partial charge on any atom is 0.338 e. The zero-order valence-electron chi connectivity index (χ0n) is 9.75. The number of nitrogens with one attached hydrogen (secondary N) is 1. The first-order valence-electron chi connectivity index (χ1n) is 5.19. The number of carbonyl (C=O) groups is 1. The highest BCUT2D eigenvalue weighted by atomic mass is 79.9. The van der Waals surface area contributed by atoms with Crippen LogP contribution in [-0.2, 0) is 10.0 Å². The minimum Gasteiger partial charge on any atom is -0.478 e. The van der Waals surface area contributed by atoms with E-state index in [1.165, 1.54) is 12.4 Å². The summed E-state index contributed by atoms with van der Waals surface area (Å²) in [6.45, 7) is 0. The van der Waals surface area contributed by atoms with Gasteiger partial charge in [-0.2, -0.15) is 8.42 Å². The van der Waals surface area contributed by atoms with Crippen LogP contribution in [0.25, 0.3) is 0 Å². The van der Waals surface area contributed by atoms with Gasteiger partial charge in [0, 0.05) is 16.9 Å². The van der Waals surface area contributed by atoms with Gasteiger partial charge in [-0.3, -0.25) is 4.68 Å². The Kier molecular flexibility index (Phi) is 3.82. The molecular formula is C11H8BrFN2O4S. The van der Waals surface area contributed by atoms with Crippen LogP contribution in [0, 0.1) is 5.82 Å². The molecule has 1 aromatic heterocycles. The third-order valence-electron chi connectivity index (χ3n) is 2.35. The minimum absolute atomic E-state index is 0.143. The van der Waals surface area contributed by atoms with E-state index in [0.717, 1.165) is 16.8 Å². The van der Waals surface area contributed by atoms with Crippen molar-refractivity contribution in [2.45, 2.75) is 4.90 Å². The summed E-state index contributed by atoms with van der Waals surface area (Å²) < 4.78 is 39.4. The molecule has 2 aromatic rings. The van der Waals surface area contributed by atoms with E-state index >= 15 is 0 Å².